The molecule has 1 aromatic rings. The number of rotatable bonds is 4. The van der Waals surface area contributed by atoms with E-state index in [0.717, 1.165) is 25.3 Å². The summed E-state index contributed by atoms with van der Waals surface area (Å²) in [4.78, 5) is 15.0. The Morgan fingerprint density at radius 3 is 3.12 bits per heavy atom. The summed E-state index contributed by atoms with van der Waals surface area (Å²) >= 11 is 0. The smallest absolute Gasteiger partial charge is 0.306 e. The van der Waals surface area contributed by atoms with Crippen LogP contribution < -0.4 is 5.32 Å². The molecule has 2 atom stereocenters. The van der Waals surface area contributed by atoms with Crippen LogP contribution in [0, 0.1) is 5.92 Å². The number of aromatic nitrogens is 2. The van der Waals surface area contributed by atoms with Gasteiger partial charge >= 0.3 is 5.97 Å². The lowest BCUT2D eigenvalue weighted by Gasteiger charge is -2.14. The minimum Gasteiger partial charge on any atom is -0.481 e. The Balaban J connectivity index is 1.94. The van der Waals surface area contributed by atoms with Gasteiger partial charge in [-0.2, -0.15) is 0 Å². The van der Waals surface area contributed by atoms with Crippen LogP contribution >= 0.6 is 0 Å². The summed E-state index contributed by atoms with van der Waals surface area (Å²) in [5.41, 5.74) is 0. The molecule has 2 N–H and O–H groups in total. The van der Waals surface area contributed by atoms with E-state index in [0.29, 0.717) is 6.42 Å². The molecular weight excluding hydrogens is 206 g/mol. The van der Waals surface area contributed by atoms with E-state index in [1.165, 1.54) is 0 Å². The molecule has 88 valence electrons. The van der Waals surface area contributed by atoms with Crippen LogP contribution in [0.2, 0.25) is 0 Å². The van der Waals surface area contributed by atoms with Crippen LogP contribution in [0.5, 0.6) is 0 Å². The lowest BCUT2D eigenvalue weighted by atomic mass is 10.1. The summed E-state index contributed by atoms with van der Waals surface area (Å²) in [5, 5.41) is 12.2. The van der Waals surface area contributed by atoms with Gasteiger partial charge in [0.15, 0.2) is 0 Å². The zero-order chi connectivity index (χ0) is 11.5. The van der Waals surface area contributed by atoms with Gasteiger partial charge < -0.3 is 15.0 Å². The van der Waals surface area contributed by atoms with Gasteiger partial charge in [-0.1, -0.05) is 0 Å². The first-order valence-electron chi connectivity index (χ1n) is 5.71. The minimum absolute atomic E-state index is 0.192. The molecule has 5 heteroatoms. The minimum atomic E-state index is -0.678. The standard InChI is InChI=1S/C11H17N3O2/c1-2-14-6-5-12-11(14)13-9-4-3-8(7-9)10(15)16/h5-6,8-9H,2-4,7H2,1H3,(H,12,13)(H,15,16). The maximum atomic E-state index is 10.8. The van der Waals surface area contributed by atoms with Crippen LogP contribution in [0.4, 0.5) is 5.95 Å². The fourth-order valence-electron chi connectivity index (χ4n) is 2.22. The van der Waals surface area contributed by atoms with Crippen molar-refractivity contribution in [3.05, 3.63) is 12.4 Å². The molecule has 1 aliphatic rings. The first-order valence-corrected chi connectivity index (χ1v) is 5.71. The van der Waals surface area contributed by atoms with Gasteiger partial charge in [0.1, 0.15) is 0 Å². The number of aryl methyl sites for hydroxylation is 1. The van der Waals surface area contributed by atoms with E-state index in [1.54, 1.807) is 6.20 Å². The number of hydrogen-bond acceptors (Lipinski definition) is 3. The second kappa shape index (κ2) is 4.55. The molecule has 1 aromatic heterocycles. The molecule has 5 nitrogen and oxygen atoms in total. The SMILES string of the molecule is CCn1ccnc1NC1CCC(C(=O)O)C1. The number of nitrogens with one attached hydrogen (secondary N) is 1. The highest BCUT2D eigenvalue weighted by Crippen LogP contribution is 2.27. The van der Waals surface area contributed by atoms with E-state index in [1.807, 2.05) is 10.8 Å². The second-order valence-electron chi connectivity index (χ2n) is 4.23. The van der Waals surface area contributed by atoms with Crippen LogP contribution in [0.1, 0.15) is 26.2 Å². The molecule has 0 bridgehead atoms. The molecular formula is C11H17N3O2. The van der Waals surface area contributed by atoms with Crippen molar-refractivity contribution in [2.75, 3.05) is 5.32 Å². The van der Waals surface area contributed by atoms with E-state index in [-0.39, 0.29) is 12.0 Å². The van der Waals surface area contributed by atoms with Crippen molar-refractivity contribution in [2.24, 2.45) is 5.92 Å². The molecule has 0 saturated heterocycles. The van der Waals surface area contributed by atoms with E-state index in [2.05, 4.69) is 17.2 Å². The van der Waals surface area contributed by atoms with E-state index < -0.39 is 5.97 Å². The fourth-order valence-corrected chi connectivity index (χ4v) is 2.22. The molecule has 1 fully saturated rings. The normalized spacial score (nSPS) is 24.6. The first kappa shape index (κ1) is 11.0. The maximum Gasteiger partial charge on any atom is 0.306 e. The van der Waals surface area contributed by atoms with Gasteiger partial charge in [0, 0.05) is 25.0 Å². The van der Waals surface area contributed by atoms with Gasteiger partial charge in [0.25, 0.3) is 0 Å². The zero-order valence-electron chi connectivity index (χ0n) is 9.39. The highest BCUT2D eigenvalue weighted by molar-refractivity contribution is 5.70. The molecule has 1 saturated carbocycles. The number of carboxylic acids is 1. The number of hydrogen-bond donors (Lipinski definition) is 2. The predicted octanol–water partition coefficient (Wildman–Crippen LogP) is 1.57. The van der Waals surface area contributed by atoms with Gasteiger partial charge in [-0.05, 0) is 26.2 Å². The van der Waals surface area contributed by atoms with Crippen LogP contribution in [0.25, 0.3) is 0 Å². The Morgan fingerprint density at radius 2 is 2.50 bits per heavy atom. The number of nitrogens with zero attached hydrogens (tertiary/aromatic N) is 2. The van der Waals surface area contributed by atoms with Crippen LogP contribution in [0.15, 0.2) is 12.4 Å². The second-order valence-corrected chi connectivity index (χ2v) is 4.23. The highest BCUT2D eigenvalue weighted by atomic mass is 16.4. The van der Waals surface area contributed by atoms with Crippen molar-refractivity contribution in [1.82, 2.24) is 9.55 Å². The lowest BCUT2D eigenvalue weighted by Crippen LogP contribution is -2.20. The predicted molar refractivity (Wildman–Crippen MR) is 60.3 cm³/mol. The van der Waals surface area contributed by atoms with Crippen molar-refractivity contribution in [3.63, 3.8) is 0 Å². The zero-order valence-corrected chi connectivity index (χ0v) is 9.39. The summed E-state index contributed by atoms with van der Waals surface area (Å²) in [6.45, 7) is 2.93. The van der Waals surface area contributed by atoms with Crippen LogP contribution in [-0.2, 0) is 11.3 Å². The molecule has 0 radical (unpaired) electrons. The quantitative estimate of drug-likeness (QED) is 0.813. The average Bonchev–Trinajstić information content (AvgIpc) is 2.87. The monoisotopic (exact) mass is 223 g/mol. The van der Waals surface area contributed by atoms with Gasteiger partial charge in [-0.25, -0.2) is 4.98 Å². The first-order chi connectivity index (χ1) is 7.70. The Morgan fingerprint density at radius 1 is 1.69 bits per heavy atom. The molecule has 1 heterocycles. The third kappa shape index (κ3) is 2.18. The van der Waals surface area contributed by atoms with Crippen LogP contribution in [-0.4, -0.2) is 26.7 Å². The molecule has 2 rings (SSSR count). The Bertz CT molecular complexity index is 375. The van der Waals surface area contributed by atoms with Gasteiger partial charge in [0.2, 0.25) is 5.95 Å². The third-order valence-corrected chi connectivity index (χ3v) is 3.17. The van der Waals surface area contributed by atoms with Gasteiger partial charge in [-0.3, -0.25) is 4.79 Å². The summed E-state index contributed by atoms with van der Waals surface area (Å²) in [6.07, 6.45) is 6.06. The van der Waals surface area contributed by atoms with Crippen molar-refractivity contribution in [3.8, 4) is 0 Å². The van der Waals surface area contributed by atoms with Crippen LogP contribution in [0.3, 0.4) is 0 Å². The molecule has 2 unspecified atom stereocenters. The van der Waals surface area contributed by atoms with Crippen molar-refractivity contribution < 1.29 is 9.90 Å². The Hall–Kier alpha value is -1.52. The number of carbonyl (C=O) groups is 1. The fraction of sp³-hybridized carbons (Fsp3) is 0.636. The van der Waals surface area contributed by atoms with Crippen molar-refractivity contribution in [1.29, 1.82) is 0 Å². The third-order valence-electron chi connectivity index (χ3n) is 3.17. The molecule has 0 amide bonds. The van der Waals surface area contributed by atoms with Gasteiger partial charge in [-0.15, -0.1) is 0 Å². The molecule has 1 aliphatic carbocycles. The van der Waals surface area contributed by atoms with Gasteiger partial charge in [0.05, 0.1) is 5.92 Å². The summed E-state index contributed by atoms with van der Waals surface area (Å²) < 4.78 is 2.02. The summed E-state index contributed by atoms with van der Waals surface area (Å²) in [5.74, 6) is -0.0239. The van der Waals surface area contributed by atoms with Crippen molar-refractivity contribution in [2.45, 2.75) is 38.8 Å². The van der Waals surface area contributed by atoms with E-state index in [9.17, 15) is 4.79 Å². The summed E-state index contributed by atoms with van der Waals surface area (Å²) in [7, 11) is 0. The topological polar surface area (TPSA) is 67.2 Å². The molecule has 0 aliphatic heterocycles. The van der Waals surface area contributed by atoms with Crippen molar-refractivity contribution >= 4 is 11.9 Å². The maximum absolute atomic E-state index is 10.8. The lowest BCUT2D eigenvalue weighted by molar-refractivity contribution is -0.141. The highest BCUT2D eigenvalue weighted by Gasteiger charge is 2.30. The van der Waals surface area contributed by atoms with E-state index >= 15 is 0 Å². The number of aliphatic carboxylic acids is 1. The molecule has 0 aromatic carbocycles. The number of carboxylic acid groups (broad SMARTS) is 1. The number of imidazole rings is 1. The Kier molecular flexibility index (Phi) is 3.12. The molecule has 16 heavy (non-hydrogen) atoms. The average molecular weight is 223 g/mol. The number of anilines is 1. The van der Waals surface area contributed by atoms with E-state index in [4.69, 9.17) is 5.11 Å². The molecule has 0 spiro atoms. The summed E-state index contributed by atoms with van der Waals surface area (Å²) in [6, 6.07) is 0.244. The largest absolute Gasteiger partial charge is 0.481 e. The Labute approximate surface area is 94.5 Å².